The van der Waals surface area contributed by atoms with Crippen molar-refractivity contribution in [1.82, 2.24) is 20.0 Å². The highest BCUT2D eigenvalue weighted by molar-refractivity contribution is 5.82. The van der Waals surface area contributed by atoms with Gasteiger partial charge in [-0.15, -0.1) is 0 Å². The van der Waals surface area contributed by atoms with Gasteiger partial charge in [0.25, 0.3) is 0 Å². The molecule has 2 aliphatic heterocycles. The van der Waals surface area contributed by atoms with E-state index in [9.17, 15) is 4.79 Å². The largest absolute Gasteiger partial charge is 0.344 e. The van der Waals surface area contributed by atoms with Crippen LogP contribution in [0, 0.1) is 5.92 Å². The zero-order valence-electron chi connectivity index (χ0n) is 12.6. The van der Waals surface area contributed by atoms with Crippen molar-refractivity contribution in [1.29, 1.82) is 0 Å². The minimum Gasteiger partial charge on any atom is -0.344 e. The number of likely N-dealkylation sites (N-methyl/N-ethyl adjacent to an activating group) is 2. The summed E-state index contributed by atoms with van der Waals surface area (Å²) in [6, 6.07) is 0.0140. The number of hydrogen-bond acceptors (Lipinski definition) is 4. The van der Waals surface area contributed by atoms with Crippen LogP contribution in [0.5, 0.6) is 0 Å². The molecule has 110 valence electrons. The number of rotatable bonds is 3. The highest BCUT2D eigenvalue weighted by Gasteiger charge is 2.29. The average Bonchev–Trinajstić information content (AvgIpc) is 2.38. The lowest BCUT2D eigenvalue weighted by molar-refractivity contribution is -0.136. The molecule has 2 fully saturated rings. The number of piperazine rings is 1. The molecule has 1 amide bonds. The van der Waals surface area contributed by atoms with E-state index >= 15 is 0 Å². The van der Waals surface area contributed by atoms with Gasteiger partial charge in [-0.25, -0.2) is 0 Å². The van der Waals surface area contributed by atoms with Gasteiger partial charge >= 0.3 is 0 Å². The maximum Gasteiger partial charge on any atom is 0.240 e. The van der Waals surface area contributed by atoms with Crippen LogP contribution in [0.4, 0.5) is 0 Å². The smallest absolute Gasteiger partial charge is 0.240 e. The number of likely N-dealkylation sites (tertiary alicyclic amines) is 1. The van der Waals surface area contributed by atoms with Gasteiger partial charge in [-0.2, -0.15) is 0 Å². The van der Waals surface area contributed by atoms with Gasteiger partial charge in [0, 0.05) is 39.8 Å². The van der Waals surface area contributed by atoms with Crippen LogP contribution in [0.2, 0.25) is 0 Å². The molecule has 19 heavy (non-hydrogen) atoms. The Morgan fingerprint density at radius 2 is 2.16 bits per heavy atom. The lowest BCUT2D eigenvalue weighted by Crippen LogP contribution is -2.57. The van der Waals surface area contributed by atoms with E-state index in [2.05, 4.69) is 22.2 Å². The third-order valence-corrected chi connectivity index (χ3v) is 4.43. The van der Waals surface area contributed by atoms with Gasteiger partial charge in [0.05, 0.1) is 0 Å². The first-order valence-corrected chi connectivity index (χ1v) is 7.42. The van der Waals surface area contributed by atoms with E-state index in [1.807, 2.05) is 19.0 Å². The molecular weight excluding hydrogens is 240 g/mol. The van der Waals surface area contributed by atoms with Crippen LogP contribution < -0.4 is 5.32 Å². The molecule has 0 aliphatic carbocycles. The number of hydrogen-bond donors (Lipinski definition) is 1. The molecule has 0 spiro atoms. The van der Waals surface area contributed by atoms with E-state index in [1.165, 1.54) is 19.4 Å². The van der Waals surface area contributed by atoms with Gasteiger partial charge in [-0.05, 0) is 39.4 Å². The first-order valence-electron chi connectivity index (χ1n) is 7.42. The highest BCUT2D eigenvalue weighted by Crippen LogP contribution is 2.16. The van der Waals surface area contributed by atoms with Crippen LogP contribution in [0.15, 0.2) is 0 Å². The second-order valence-corrected chi connectivity index (χ2v) is 6.19. The second kappa shape index (κ2) is 6.68. The molecule has 2 unspecified atom stereocenters. The summed E-state index contributed by atoms with van der Waals surface area (Å²) in [6.45, 7) is 5.94. The molecule has 5 heteroatoms. The zero-order valence-corrected chi connectivity index (χ0v) is 12.6. The van der Waals surface area contributed by atoms with Gasteiger partial charge in [-0.3, -0.25) is 9.69 Å². The Bertz CT molecular complexity index is 310. The van der Waals surface area contributed by atoms with E-state index < -0.39 is 0 Å². The quantitative estimate of drug-likeness (QED) is 0.762. The van der Waals surface area contributed by atoms with Gasteiger partial charge in [0.15, 0.2) is 0 Å². The Labute approximate surface area is 116 Å². The summed E-state index contributed by atoms with van der Waals surface area (Å²) < 4.78 is 0. The molecule has 0 aromatic rings. The predicted octanol–water partition coefficient (Wildman–Crippen LogP) is -0.310. The summed E-state index contributed by atoms with van der Waals surface area (Å²) in [5, 5.41) is 3.31. The highest BCUT2D eigenvalue weighted by atomic mass is 16.2. The minimum atomic E-state index is 0.0140. The van der Waals surface area contributed by atoms with Crippen LogP contribution >= 0.6 is 0 Å². The van der Waals surface area contributed by atoms with Crippen molar-refractivity contribution in [2.75, 3.05) is 60.4 Å². The summed E-state index contributed by atoms with van der Waals surface area (Å²) in [4.78, 5) is 19.0. The lowest BCUT2D eigenvalue weighted by Gasteiger charge is -2.37. The predicted molar refractivity (Wildman–Crippen MR) is 77.1 cm³/mol. The fourth-order valence-corrected chi connectivity index (χ4v) is 3.24. The van der Waals surface area contributed by atoms with Crippen LogP contribution in [0.3, 0.4) is 0 Å². The molecule has 0 radical (unpaired) electrons. The van der Waals surface area contributed by atoms with E-state index in [0.717, 1.165) is 32.7 Å². The zero-order chi connectivity index (χ0) is 13.8. The molecule has 2 heterocycles. The summed E-state index contributed by atoms with van der Waals surface area (Å²) >= 11 is 0. The molecule has 0 aromatic heterocycles. The molecule has 1 N–H and O–H groups in total. The Kier molecular flexibility index (Phi) is 5.19. The topological polar surface area (TPSA) is 38.8 Å². The number of piperidine rings is 1. The molecule has 2 rings (SSSR count). The van der Waals surface area contributed by atoms with Crippen molar-refractivity contribution < 1.29 is 4.79 Å². The molecule has 2 saturated heterocycles. The van der Waals surface area contributed by atoms with Crippen molar-refractivity contribution in [3.05, 3.63) is 0 Å². The van der Waals surface area contributed by atoms with Crippen LogP contribution in [0.1, 0.15) is 12.8 Å². The number of carbonyl (C=O) groups excluding carboxylic acids is 1. The first-order chi connectivity index (χ1) is 9.08. The van der Waals surface area contributed by atoms with Crippen molar-refractivity contribution in [3.63, 3.8) is 0 Å². The second-order valence-electron chi connectivity index (χ2n) is 6.19. The van der Waals surface area contributed by atoms with Crippen LogP contribution in [-0.2, 0) is 4.79 Å². The van der Waals surface area contributed by atoms with Gasteiger partial charge in [0.2, 0.25) is 5.91 Å². The monoisotopic (exact) mass is 268 g/mol. The molecule has 5 nitrogen and oxygen atoms in total. The summed E-state index contributed by atoms with van der Waals surface area (Å²) in [5.41, 5.74) is 0. The van der Waals surface area contributed by atoms with Crippen molar-refractivity contribution in [2.45, 2.75) is 18.9 Å². The van der Waals surface area contributed by atoms with Gasteiger partial charge in [-0.1, -0.05) is 0 Å². The van der Waals surface area contributed by atoms with Crippen molar-refractivity contribution in [2.24, 2.45) is 5.92 Å². The van der Waals surface area contributed by atoms with Gasteiger partial charge in [0.1, 0.15) is 6.04 Å². The van der Waals surface area contributed by atoms with Crippen molar-refractivity contribution >= 4 is 5.91 Å². The molecule has 0 saturated carbocycles. The normalized spacial score (nSPS) is 30.3. The molecule has 2 atom stereocenters. The Hall–Kier alpha value is -0.650. The lowest BCUT2D eigenvalue weighted by atomic mass is 9.97. The van der Waals surface area contributed by atoms with Crippen LogP contribution in [0.25, 0.3) is 0 Å². The van der Waals surface area contributed by atoms with Gasteiger partial charge < -0.3 is 15.1 Å². The molecule has 0 aromatic carbocycles. The third kappa shape index (κ3) is 3.91. The Morgan fingerprint density at radius 1 is 1.37 bits per heavy atom. The molecule has 0 bridgehead atoms. The first kappa shape index (κ1) is 14.8. The number of nitrogens with zero attached hydrogens (tertiary/aromatic N) is 3. The van der Waals surface area contributed by atoms with E-state index in [1.54, 1.807) is 0 Å². The number of nitrogens with one attached hydrogen (secondary N) is 1. The Balaban J connectivity index is 1.84. The summed E-state index contributed by atoms with van der Waals surface area (Å²) in [6.07, 6.45) is 2.51. The maximum atomic E-state index is 12.5. The van der Waals surface area contributed by atoms with E-state index in [4.69, 9.17) is 0 Å². The molecule has 2 aliphatic rings. The number of amides is 1. The summed E-state index contributed by atoms with van der Waals surface area (Å²) in [7, 11) is 6.18. The maximum absolute atomic E-state index is 12.5. The molecular formula is C14H28N4O. The number of carbonyl (C=O) groups is 1. The van der Waals surface area contributed by atoms with E-state index in [-0.39, 0.29) is 11.9 Å². The minimum absolute atomic E-state index is 0.0140. The summed E-state index contributed by atoms with van der Waals surface area (Å²) in [5.74, 6) is 0.900. The van der Waals surface area contributed by atoms with Crippen LogP contribution in [-0.4, -0.2) is 87.1 Å². The third-order valence-electron chi connectivity index (χ3n) is 4.43. The fraction of sp³-hybridized carbons (Fsp3) is 0.929. The fourth-order valence-electron chi connectivity index (χ4n) is 3.24. The Morgan fingerprint density at radius 3 is 2.84 bits per heavy atom. The van der Waals surface area contributed by atoms with E-state index in [0.29, 0.717) is 5.92 Å². The standard InChI is InChI=1S/C14H28N4O/c1-16-7-4-5-12(10-16)11-18(3)14(19)13-9-15-6-8-17(13)2/h12-13,15H,4-11H2,1-3H3. The van der Waals surface area contributed by atoms with Crippen molar-refractivity contribution in [3.8, 4) is 0 Å². The average molecular weight is 268 g/mol. The SMILES string of the molecule is CN1CCCC(CN(C)C(=O)C2CNCCN2C)C1.